The van der Waals surface area contributed by atoms with Gasteiger partial charge in [0.1, 0.15) is 6.10 Å². The molecule has 0 aliphatic carbocycles. The van der Waals surface area contributed by atoms with Crippen LogP contribution in [0.15, 0.2) is 6.07 Å². The molecule has 2 aliphatic rings. The van der Waals surface area contributed by atoms with Crippen LogP contribution in [0.5, 0.6) is 0 Å². The summed E-state index contributed by atoms with van der Waals surface area (Å²) in [4.78, 5) is 28.6. The molecule has 1 aromatic rings. The Balaban J connectivity index is 1.38. The van der Waals surface area contributed by atoms with E-state index in [0.717, 1.165) is 43.6 Å². The molecule has 1 aromatic heterocycles. The third kappa shape index (κ3) is 5.22. The Kier molecular flexibility index (Phi) is 6.71. The second-order valence-electron chi connectivity index (χ2n) is 7.40. The molecule has 3 heterocycles. The fourth-order valence-electron chi connectivity index (χ4n) is 3.75. The zero-order chi connectivity index (χ0) is 19.2. The first-order valence-electron chi connectivity index (χ1n) is 9.99. The third-order valence-electron chi connectivity index (χ3n) is 5.23. The Morgan fingerprint density at radius 3 is 2.67 bits per heavy atom. The molecule has 3 amide bonds. The molecule has 8 nitrogen and oxygen atoms in total. The SMILES string of the molecule is Cc1cc(C)n(CCCNC(=O)N2CCCN(C(=O)[C@H]3CCCO3)CC2)n1. The molecule has 1 atom stereocenters. The fraction of sp³-hybridized carbons (Fsp3) is 0.737. The van der Waals surface area contributed by atoms with Crippen LogP contribution in [-0.4, -0.2) is 77.0 Å². The lowest BCUT2D eigenvalue weighted by molar-refractivity contribution is -0.140. The quantitative estimate of drug-likeness (QED) is 0.785. The van der Waals surface area contributed by atoms with Gasteiger partial charge in [0.15, 0.2) is 0 Å². The molecule has 0 aromatic carbocycles. The number of rotatable bonds is 5. The normalized spacial score (nSPS) is 20.6. The van der Waals surface area contributed by atoms with Crippen molar-refractivity contribution in [2.24, 2.45) is 0 Å². The standard InChI is InChI=1S/C19H31N5O3/c1-15-14-16(2)24(21-15)10-4-7-20-19(26)23-9-5-8-22(11-12-23)18(25)17-6-3-13-27-17/h14,17H,3-13H2,1-2H3,(H,20,26)/t17-/m1/s1. The zero-order valence-electron chi connectivity index (χ0n) is 16.4. The molecule has 2 aliphatic heterocycles. The van der Waals surface area contributed by atoms with Gasteiger partial charge in [0.05, 0.1) is 5.69 Å². The topological polar surface area (TPSA) is 79.7 Å². The summed E-state index contributed by atoms with van der Waals surface area (Å²) < 4.78 is 7.48. The van der Waals surface area contributed by atoms with E-state index in [-0.39, 0.29) is 18.0 Å². The molecule has 8 heteroatoms. The molecule has 1 N–H and O–H groups in total. The molecule has 3 rings (SSSR count). The van der Waals surface area contributed by atoms with Gasteiger partial charge in [0.2, 0.25) is 0 Å². The van der Waals surface area contributed by atoms with Crippen LogP contribution >= 0.6 is 0 Å². The molecular formula is C19H31N5O3. The summed E-state index contributed by atoms with van der Waals surface area (Å²) >= 11 is 0. The van der Waals surface area contributed by atoms with Crippen molar-refractivity contribution < 1.29 is 14.3 Å². The first kappa shape index (κ1) is 19.7. The van der Waals surface area contributed by atoms with Crippen LogP contribution in [-0.2, 0) is 16.1 Å². The van der Waals surface area contributed by atoms with E-state index in [2.05, 4.69) is 16.5 Å². The summed E-state index contributed by atoms with van der Waals surface area (Å²) in [6.45, 7) is 8.64. The van der Waals surface area contributed by atoms with E-state index in [9.17, 15) is 9.59 Å². The van der Waals surface area contributed by atoms with Gasteiger partial charge in [0.25, 0.3) is 5.91 Å². The van der Waals surface area contributed by atoms with Crippen molar-refractivity contribution in [2.45, 2.75) is 52.2 Å². The van der Waals surface area contributed by atoms with E-state index < -0.39 is 0 Å². The van der Waals surface area contributed by atoms with Crippen LogP contribution in [0.1, 0.15) is 37.1 Å². The minimum absolute atomic E-state index is 0.0465. The summed E-state index contributed by atoms with van der Waals surface area (Å²) in [7, 11) is 0. The highest BCUT2D eigenvalue weighted by Crippen LogP contribution is 2.16. The maximum Gasteiger partial charge on any atom is 0.317 e. The van der Waals surface area contributed by atoms with Crippen LogP contribution in [0.2, 0.25) is 0 Å². The highest BCUT2D eigenvalue weighted by Gasteiger charge is 2.30. The molecule has 0 unspecified atom stereocenters. The van der Waals surface area contributed by atoms with Gasteiger partial charge in [-0.15, -0.1) is 0 Å². The first-order valence-corrected chi connectivity index (χ1v) is 9.99. The third-order valence-corrected chi connectivity index (χ3v) is 5.23. The highest BCUT2D eigenvalue weighted by atomic mass is 16.5. The monoisotopic (exact) mass is 377 g/mol. The molecule has 27 heavy (non-hydrogen) atoms. The van der Waals surface area contributed by atoms with Crippen molar-refractivity contribution in [3.8, 4) is 0 Å². The maximum atomic E-state index is 12.5. The van der Waals surface area contributed by atoms with Crippen LogP contribution in [0.4, 0.5) is 4.79 Å². The number of ether oxygens (including phenoxy) is 1. The second-order valence-corrected chi connectivity index (χ2v) is 7.40. The maximum absolute atomic E-state index is 12.5. The Morgan fingerprint density at radius 2 is 1.96 bits per heavy atom. The van der Waals surface area contributed by atoms with Gasteiger partial charge in [0, 0.05) is 51.6 Å². The number of nitrogens with zero attached hydrogens (tertiary/aromatic N) is 4. The Morgan fingerprint density at radius 1 is 1.19 bits per heavy atom. The summed E-state index contributed by atoms with van der Waals surface area (Å²) in [5.74, 6) is 0.0830. The van der Waals surface area contributed by atoms with Crippen molar-refractivity contribution >= 4 is 11.9 Å². The van der Waals surface area contributed by atoms with E-state index in [4.69, 9.17) is 4.74 Å². The highest BCUT2D eigenvalue weighted by molar-refractivity contribution is 5.81. The molecule has 2 fully saturated rings. The molecule has 0 radical (unpaired) electrons. The molecule has 150 valence electrons. The Labute approximate surface area is 160 Å². The number of hydrogen-bond acceptors (Lipinski definition) is 4. The number of carbonyl (C=O) groups is 2. The van der Waals surface area contributed by atoms with Crippen molar-refractivity contribution in [1.82, 2.24) is 24.9 Å². The van der Waals surface area contributed by atoms with E-state index >= 15 is 0 Å². The van der Waals surface area contributed by atoms with Gasteiger partial charge in [-0.05, 0) is 45.6 Å². The summed E-state index contributed by atoms with van der Waals surface area (Å²) in [6, 6.07) is 2.01. The molecule has 0 saturated carbocycles. The van der Waals surface area contributed by atoms with E-state index in [0.29, 0.717) is 39.3 Å². The minimum atomic E-state index is -0.278. The zero-order valence-corrected chi connectivity index (χ0v) is 16.4. The number of urea groups is 1. The Hall–Kier alpha value is -2.09. The van der Waals surface area contributed by atoms with Crippen LogP contribution in [0.3, 0.4) is 0 Å². The van der Waals surface area contributed by atoms with Gasteiger partial charge in [-0.25, -0.2) is 4.79 Å². The fourth-order valence-corrected chi connectivity index (χ4v) is 3.75. The van der Waals surface area contributed by atoms with E-state index in [1.165, 1.54) is 0 Å². The van der Waals surface area contributed by atoms with Gasteiger partial charge in [-0.1, -0.05) is 0 Å². The van der Waals surface area contributed by atoms with Gasteiger partial charge < -0.3 is 19.9 Å². The molecule has 0 bridgehead atoms. The smallest absolute Gasteiger partial charge is 0.317 e. The number of aryl methyl sites for hydroxylation is 3. The average Bonchev–Trinajstić information content (AvgIpc) is 3.21. The molecular weight excluding hydrogens is 346 g/mol. The number of carbonyl (C=O) groups excluding carboxylic acids is 2. The van der Waals surface area contributed by atoms with Crippen LogP contribution < -0.4 is 5.32 Å². The van der Waals surface area contributed by atoms with Gasteiger partial charge in [-0.2, -0.15) is 5.10 Å². The number of nitrogens with one attached hydrogen (secondary N) is 1. The predicted octanol–water partition coefficient (Wildman–Crippen LogP) is 1.31. The van der Waals surface area contributed by atoms with Crippen molar-refractivity contribution in [1.29, 1.82) is 0 Å². The minimum Gasteiger partial charge on any atom is -0.368 e. The second kappa shape index (κ2) is 9.21. The van der Waals surface area contributed by atoms with E-state index in [1.54, 1.807) is 0 Å². The number of aromatic nitrogens is 2. The Bertz CT molecular complexity index is 654. The first-order chi connectivity index (χ1) is 13.0. The van der Waals surface area contributed by atoms with Crippen LogP contribution in [0.25, 0.3) is 0 Å². The number of amides is 3. The lowest BCUT2D eigenvalue weighted by Gasteiger charge is -2.24. The largest absolute Gasteiger partial charge is 0.368 e. The summed E-state index contributed by atoms with van der Waals surface area (Å²) in [5.41, 5.74) is 2.16. The van der Waals surface area contributed by atoms with Gasteiger partial charge >= 0.3 is 6.03 Å². The average molecular weight is 377 g/mol. The summed E-state index contributed by atoms with van der Waals surface area (Å²) in [5, 5.41) is 7.43. The lowest BCUT2D eigenvalue weighted by Crippen LogP contribution is -2.44. The summed E-state index contributed by atoms with van der Waals surface area (Å²) in [6.07, 6.45) is 3.13. The van der Waals surface area contributed by atoms with E-state index in [1.807, 2.05) is 28.3 Å². The number of hydrogen-bond donors (Lipinski definition) is 1. The molecule has 2 saturated heterocycles. The predicted molar refractivity (Wildman–Crippen MR) is 101 cm³/mol. The van der Waals surface area contributed by atoms with Crippen molar-refractivity contribution in [2.75, 3.05) is 39.3 Å². The van der Waals surface area contributed by atoms with Gasteiger partial charge in [-0.3, -0.25) is 9.48 Å². The van der Waals surface area contributed by atoms with Crippen LogP contribution in [0, 0.1) is 13.8 Å². The lowest BCUT2D eigenvalue weighted by atomic mass is 10.2. The van der Waals surface area contributed by atoms with Crippen molar-refractivity contribution in [3.63, 3.8) is 0 Å². The van der Waals surface area contributed by atoms with Crippen molar-refractivity contribution in [3.05, 3.63) is 17.5 Å². The molecule has 0 spiro atoms.